The molecule has 1 aromatic rings. The SMILES string of the molecule is CCCOc1cccc(C(=O)N(CCN)C2CCCC2)c1. The van der Waals surface area contributed by atoms with Gasteiger partial charge in [-0.05, 0) is 37.5 Å². The van der Waals surface area contributed by atoms with Gasteiger partial charge in [0.25, 0.3) is 5.91 Å². The van der Waals surface area contributed by atoms with Crippen LogP contribution < -0.4 is 10.5 Å². The van der Waals surface area contributed by atoms with Gasteiger partial charge in [-0.1, -0.05) is 25.8 Å². The van der Waals surface area contributed by atoms with E-state index in [9.17, 15) is 4.79 Å². The Bertz CT molecular complexity index is 456. The highest BCUT2D eigenvalue weighted by molar-refractivity contribution is 5.94. The van der Waals surface area contributed by atoms with Crippen molar-refractivity contribution >= 4 is 5.91 Å². The molecule has 0 unspecified atom stereocenters. The molecule has 1 aliphatic carbocycles. The molecule has 4 heteroatoms. The minimum Gasteiger partial charge on any atom is -0.494 e. The molecule has 0 heterocycles. The number of rotatable bonds is 7. The molecular weight excluding hydrogens is 264 g/mol. The molecular formula is C17H26N2O2. The number of carbonyl (C=O) groups is 1. The van der Waals surface area contributed by atoms with Gasteiger partial charge >= 0.3 is 0 Å². The number of amides is 1. The van der Waals surface area contributed by atoms with Crippen LogP contribution in [0.5, 0.6) is 5.75 Å². The maximum atomic E-state index is 12.8. The summed E-state index contributed by atoms with van der Waals surface area (Å²) in [5.41, 5.74) is 6.39. The van der Waals surface area contributed by atoms with Crippen molar-refractivity contribution < 1.29 is 9.53 Å². The Labute approximate surface area is 127 Å². The summed E-state index contributed by atoms with van der Waals surface area (Å²) in [6.07, 6.45) is 5.56. The van der Waals surface area contributed by atoms with Crippen molar-refractivity contribution in [2.24, 2.45) is 5.73 Å². The topological polar surface area (TPSA) is 55.6 Å². The standard InChI is InChI=1S/C17H26N2O2/c1-2-12-21-16-9-5-6-14(13-16)17(20)19(11-10-18)15-7-3-4-8-15/h5-6,9,13,15H,2-4,7-8,10-12,18H2,1H3. The largest absolute Gasteiger partial charge is 0.494 e. The average Bonchev–Trinajstić information content (AvgIpc) is 3.04. The summed E-state index contributed by atoms with van der Waals surface area (Å²) in [6, 6.07) is 7.83. The summed E-state index contributed by atoms with van der Waals surface area (Å²) in [7, 11) is 0. The van der Waals surface area contributed by atoms with Crippen LogP contribution in [0.2, 0.25) is 0 Å². The summed E-state index contributed by atoms with van der Waals surface area (Å²) in [5.74, 6) is 0.844. The van der Waals surface area contributed by atoms with E-state index in [4.69, 9.17) is 10.5 Å². The van der Waals surface area contributed by atoms with E-state index in [1.807, 2.05) is 29.2 Å². The van der Waals surface area contributed by atoms with E-state index in [2.05, 4.69) is 6.92 Å². The third kappa shape index (κ3) is 4.21. The monoisotopic (exact) mass is 290 g/mol. The molecule has 0 aromatic heterocycles. The molecule has 2 rings (SSSR count). The van der Waals surface area contributed by atoms with E-state index < -0.39 is 0 Å². The third-order valence-electron chi connectivity index (χ3n) is 3.95. The van der Waals surface area contributed by atoms with E-state index in [0.29, 0.717) is 31.3 Å². The summed E-state index contributed by atoms with van der Waals surface area (Å²) in [4.78, 5) is 14.7. The molecule has 1 fully saturated rings. The van der Waals surface area contributed by atoms with E-state index in [0.717, 1.165) is 25.0 Å². The van der Waals surface area contributed by atoms with Gasteiger partial charge in [-0.25, -0.2) is 0 Å². The second-order valence-corrected chi connectivity index (χ2v) is 5.60. The molecule has 0 bridgehead atoms. The number of carbonyl (C=O) groups excluding carboxylic acids is 1. The zero-order chi connectivity index (χ0) is 15.1. The van der Waals surface area contributed by atoms with Crippen molar-refractivity contribution in [1.82, 2.24) is 4.90 Å². The molecule has 0 aliphatic heterocycles. The zero-order valence-corrected chi connectivity index (χ0v) is 12.9. The highest BCUT2D eigenvalue weighted by Gasteiger charge is 2.26. The lowest BCUT2D eigenvalue weighted by Crippen LogP contribution is -2.41. The second-order valence-electron chi connectivity index (χ2n) is 5.60. The number of benzene rings is 1. The number of nitrogens with two attached hydrogens (primary N) is 1. The van der Waals surface area contributed by atoms with Crippen LogP contribution in [0.1, 0.15) is 49.4 Å². The van der Waals surface area contributed by atoms with Gasteiger partial charge in [0.1, 0.15) is 5.75 Å². The van der Waals surface area contributed by atoms with Crippen LogP contribution in [0, 0.1) is 0 Å². The molecule has 0 spiro atoms. The third-order valence-corrected chi connectivity index (χ3v) is 3.95. The molecule has 0 saturated heterocycles. The first-order chi connectivity index (χ1) is 10.3. The summed E-state index contributed by atoms with van der Waals surface area (Å²) in [5, 5.41) is 0. The molecule has 0 atom stereocenters. The maximum absolute atomic E-state index is 12.8. The highest BCUT2D eigenvalue weighted by atomic mass is 16.5. The van der Waals surface area contributed by atoms with Gasteiger partial charge in [0.2, 0.25) is 0 Å². The minimum atomic E-state index is 0.0781. The van der Waals surface area contributed by atoms with Crippen molar-refractivity contribution in [2.45, 2.75) is 45.1 Å². The fourth-order valence-electron chi connectivity index (χ4n) is 2.91. The van der Waals surface area contributed by atoms with Gasteiger partial charge < -0.3 is 15.4 Å². The average molecular weight is 290 g/mol. The van der Waals surface area contributed by atoms with E-state index in [1.54, 1.807) is 0 Å². The van der Waals surface area contributed by atoms with Gasteiger partial charge in [0.15, 0.2) is 0 Å². The normalized spacial score (nSPS) is 15.1. The Kier molecular flexibility index (Phi) is 6.05. The number of hydrogen-bond donors (Lipinski definition) is 1. The van der Waals surface area contributed by atoms with Gasteiger partial charge in [-0.2, -0.15) is 0 Å². The van der Waals surface area contributed by atoms with Crippen molar-refractivity contribution in [3.63, 3.8) is 0 Å². The molecule has 1 amide bonds. The van der Waals surface area contributed by atoms with Gasteiger partial charge in [0, 0.05) is 24.7 Å². The molecule has 1 saturated carbocycles. The van der Waals surface area contributed by atoms with Crippen LogP contribution in [0.4, 0.5) is 0 Å². The Morgan fingerprint density at radius 2 is 2.14 bits per heavy atom. The smallest absolute Gasteiger partial charge is 0.254 e. The van der Waals surface area contributed by atoms with Crippen molar-refractivity contribution in [3.05, 3.63) is 29.8 Å². The van der Waals surface area contributed by atoms with Crippen molar-refractivity contribution in [2.75, 3.05) is 19.7 Å². The fraction of sp³-hybridized carbons (Fsp3) is 0.588. The Hall–Kier alpha value is -1.55. The lowest BCUT2D eigenvalue weighted by atomic mass is 10.1. The molecule has 4 nitrogen and oxygen atoms in total. The lowest BCUT2D eigenvalue weighted by molar-refractivity contribution is 0.0687. The molecule has 1 aromatic carbocycles. The second kappa shape index (κ2) is 8.03. The lowest BCUT2D eigenvalue weighted by Gasteiger charge is -2.28. The van der Waals surface area contributed by atoms with Crippen LogP contribution in [0.15, 0.2) is 24.3 Å². The summed E-state index contributed by atoms with van der Waals surface area (Å²) in [6.45, 7) is 3.88. The predicted molar refractivity (Wildman–Crippen MR) is 84.6 cm³/mol. The van der Waals surface area contributed by atoms with Gasteiger partial charge in [0.05, 0.1) is 6.61 Å². The molecule has 0 radical (unpaired) electrons. The first-order valence-electron chi connectivity index (χ1n) is 8.00. The highest BCUT2D eigenvalue weighted by Crippen LogP contribution is 2.25. The zero-order valence-electron chi connectivity index (χ0n) is 12.9. The number of ether oxygens (including phenoxy) is 1. The Balaban J connectivity index is 2.11. The van der Waals surface area contributed by atoms with Crippen LogP contribution in [0.3, 0.4) is 0 Å². The summed E-state index contributed by atoms with van der Waals surface area (Å²) < 4.78 is 5.62. The van der Waals surface area contributed by atoms with Crippen LogP contribution >= 0.6 is 0 Å². The quantitative estimate of drug-likeness (QED) is 0.840. The Morgan fingerprint density at radius 1 is 1.38 bits per heavy atom. The van der Waals surface area contributed by atoms with Gasteiger partial charge in [-0.3, -0.25) is 4.79 Å². The first-order valence-corrected chi connectivity index (χ1v) is 8.00. The van der Waals surface area contributed by atoms with Crippen LogP contribution in [-0.2, 0) is 0 Å². The van der Waals surface area contributed by atoms with E-state index in [1.165, 1.54) is 12.8 Å². The molecule has 21 heavy (non-hydrogen) atoms. The molecule has 1 aliphatic rings. The van der Waals surface area contributed by atoms with Crippen LogP contribution in [-0.4, -0.2) is 36.5 Å². The molecule has 116 valence electrons. The van der Waals surface area contributed by atoms with Crippen molar-refractivity contribution in [3.8, 4) is 5.75 Å². The predicted octanol–water partition coefficient (Wildman–Crippen LogP) is 2.82. The number of hydrogen-bond acceptors (Lipinski definition) is 3. The maximum Gasteiger partial charge on any atom is 0.254 e. The van der Waals surface area contributed by atoms with E-state index in [-0.39, 0.29) is 5.91 Å². The fourth-order valence-corrected chi connectivity index (χ4v) is 2.91. The van der Waals surface area contributed by atoms with Crippen LogP contribution in [0.25, 0.3) is 0 Å². The summed E-state index contributed by atoms with van der Waals surface area (Å²) >= 11 is 0. The van der Waals surface area contributed by atoms with Gasteiger partial charge in [-0.15, -0.1) is 0 Å². The van der Waals surface area contributed by atoms with Crippen molar-refractivity contribution in [1.29, 1.82) is 0 Å². The minimum absolute atomic E-state index is 0.0781. The number of nitrogens with zero attached hydrogens (tertiary/aromatic N) is 1. The Morgan fingerprint density at radius 3 is 2.81 bits per heavy atom. The van der Waals surface area contributed by atoms with E-state index >= 15 is 0 Å². The molecule has 2 N–H and O–H groups in total. The first kappa shape index (κ1) is 15.8.